The lowest BCUT2D eigenvalue weighted by molar-refractivity contribution is -0.130. The van der Waals surface area contributed by atoms with Crippen LogP contribution in [0.2, 0.25) is 0 Å². The van der Waals surface area contributed by atoms with Crippen molar-refractivity contribution < 1.29 is 27.5 Å². The first kappa shape index (κ1) is 22.4. The van der Waals surface area contributed by atoms with Crippen molar-refractivity contribution in [3.05, 3.63) is 53.6 Å². The first-order valence-corrected chi connectivity index (χ1v) is 10.4. The topological polar surface area (TPSA) is 125 Å². The minimum atomic E-state index is -4.24. The van der Waals surface area contributed by atoms with Gasteiger partial charge in [0.05, 0.1) is 28.1 Å². The quantitative estimate of drug-likeness (QED) is 0.617. The number of carbonyl (C=O) groups excluding carboxylic acids is 2. The number of anilines is 1. The molecule has 2 amide bonds. The summed E-state index contributed by atoms with van der Waals surface area (Å²) in [4.78, 5) is 27.5. The molecule has 0 aliphatic carbocycles. The Morgan fingerprint density at radius 1 is 1.24 bits per heavy atom. The number of hydrogen-bond donors (Lipinski definition) is 3. The van der Waals surface area contributed by atoms with Crippen molar-refractivity contribution >= 4 is 27.3 Å². The van der Waals surface area contributed by atoms with Crippen LogP contribution in [0.1, 0.15) is 29.9 Å². The van der Waals surface area contributed by atoms with Crippen molar-refractivity contribution in [1.29, 1.82) is 0 Å². The van der Waals surface area contributed by atoms with Crippen molar-refractivity contribution in [2.24, 2.45) is 0 Å². The number of nitrogens with one attached hydrogen (secondary N) is 2. The van der Waals surface area contributed by atoms with Crippen molar-refractivity contribution in [2.75, 3.05) is 18.1 Å². The zero-order chi connectivity index (χ0) is 21.8. The van der Waals surface area contributed by atoms with Crippen LogP contribution in [0.15, 0.2) is 41.4 Å². The Bertz CT molecular complexity index is 1020. The van der Waals surface area contributed by atoms with E-state index in [2.05, 4.69) is 15.6 Å². The third kappa shape index (κ3) is 5.36. The number of aliphatic hydroxyl groups is 1. The van der Waals surface area contributed by atoms with Gasteiger partial charge in [-0.05, 0) is 43.7 Å². The van der Waals surface area contributed by atoms with Crippen molar-refractivity contribution in [2.45, 2.75) is 30.8 Å². The molecule has 1 aromatic carbocycles. The van der Waals surface area contributed by atoms with E-state index >= 15 is 0 Å². The molecule has 1 aromatic heterocycles. The zero-order valence-electron chi connectivity index (χ0n) is 16.2. The summed E-state index contributed by atoms with van der Waals surface area (Å²) in [5, 5.41) is 15.1. The van der Waals surface area contributed by atoms with Gasteiger partial charge in [0.25, 0.3) is 11.8 Å². The molecule has 0 saturated heterocycles. The molecule has 2 rings (SSSR count). The summed E-state index contributed by atoms with van der Waals surface area (Å²) >= 11 is 0. The number of sulfone groups is 1. The maximum atomic E-state index is 14.1. The van der Waals surface area contributed by atoms with E-state index in [4.69, 9.17) is 0 Å². The summed E-state index contributed by atoms with van der Waals surface area (Å²) in [7, 11) is -2.92. The average Bonchev–Trinajstić information content (AvgIpc) is 2.67. The fourth-order valence-electron chi connectivity index (χ4n) is 2.50. The summed E-state index contributed by atoms with van der Waals surface area (Å²) in [5.74, 6) is -3.67. The van der Waals surface area contributed by atoms with Crippen molar-refractivity contribution in [3.8, 4) is 0 Å². The zero-order valence-corrected chi connectivity index (χ0v) is 17.0. The molecule has 1 atom stereocenters. The monoisotopic (exact) mass is 423 g/mol. The van der Waals surface area contributed by atoms with Gasteiger partial charge in [0.2, 0.25) is 0 Å². The third-order valence-electron chi connectivity index (χ3n) is 4.18. The van der Waals surface area contributed by atoms with Crippen LogP contribution < -0.4 is 10.6 Å². The number of halogens is 1. The molecule has 8 nitrogen and oxygen atoms in total. The van der Waals surface area contributed by atoms with E-state index in [9.17, 15) is 27.5 Å². The molecule has 0 bridgehead atoms. The highest BCUT2D eigenvalue weighted by molar-refractivity contribution is 7.91. The summed E-state index contributed by atoms with van der Waals surface area (Å²) in [6.07, 6.45) is 2.10. The van der Waals surface area contributed by atoms with E-state index in [0.717, 1.165) is 24.8 Å². The molecule has 0 fully saturated rings. The van der Waals surface area contributed by atoms with Crippen LogP contribution in [0, 0.1) is 5.82 Å². The van der Waals surface area contributed by atoms with Crippen LogP contribution in [-0.4, -0.2) is 48.7 Å². The number of pyridine rings is 1. The maximum Gasteiger partial charge on any atom is 0.257 e. The molecule has 0 aliphatic heterocycles. The second-order valence-corrected chi connectivity index (χ2v) is 8.59. The number of nitrogens with zero attached hydrogens (tertiary/aromatic N) is 1. The van der Waals surface area contributed by atoms with Gasteiger partial charge in [-0.25, -0.2) is 12.8 Å². The number of aryl methyl sites for hydroxylation is 1. The summed E-state index contributed by atoms with van der Waals surface area (Å²) in [5.41, 5.74) is -1.51. The predicted octanol–water partition coefficient (Wildman–Crippen LogP) is 1.31. The molecule has 0 radical (unpaired) electrons. The number of amides is 2. The first-order valence-electron chi connectivity index (χ1n) is 8.73. The Morgan fingerprint density at radius 3 is 2.45 bits per heavy atom. The number of benzene rings is 1. The summed E-state index contributed by atoms with van der Waals surface area (Å²) in [6, 6.07) is 6.03. The van der Waals surface area contributed by atoms with Gasteiger partial charge < -0.3 is 15.7 Å². The second-order valence-electron chi connectivity index (χ2n) is 6.60. The number of carbonyl (C=O) groups is 2. The minimum absolute atomic E-state index is 0.297. The Hall–Kier alpha value is -2.85. The van der Waals surface area contributed by atoms with Crippen LogP contribution >= 0.6 is 0 Å². The predicted molar refractivity (Wildman–Crippen MR) is 105 cm³/mol. The van der Waals surface area contributed by atoms with Crippen LogP contribution in [0.5, 0.6) is 0 Å². The van der Waals surface area contributed by atoms with E-state index in [1.54, 1.807) is 12.1 Å². The fourth-order valence-corrected chi connectivity index (χ4v) is 4.10. The molecular weight excluding hydrogens is 401 g/mol. The van der Waals surface area contributed by atoms with Gasteiger partial charge >= 0.3 is 0 Å². The highest BCUT2D eigenvalue weighted by Gasteiger charge is 2.37. The Kier molecular flexibility index (Phi) is 6.70. The van der Waals surface area contributed by atoms with Crippen LogP contribution in [0.3, 0.4) is 0 Å². The van der Waals surface area contributed by atoms with Gasteiger partial charge in [0.15, 0.2) is 15.4 Å². The molecule has 0 aliphatic rings. The van der Waals surface area contributed by atoms with E-state index in [0.29, 0.717) is 18.2 Å². The SMILES string of the molecule is CCc1ccc(NC(=O)[C@@](C)(O)CS(=O)(=O)c2ccc(C(=O)NC)c(F)c2)cn1. The molecule has 0 spiro atoms. The molecule has 156 valence electrons. The maximum absolute atomic E-state index is 14.1. The molecule has 1 heterocycles. The Labute approximate surface area is 168 Å². The molecule has 3 N–H and O–H groups in total. The van der Waals surface area contributed by atoms with E-state index in [1.165, 1.54) is 13.2 Å². The Balaban J connectivity index is 2.19. The summed E-state index contributed by atoms with van der Waals surface area (Å²) in [6.45, 7) is 2.96. The lowest BCUT2D eigenvalue weighted by Crippen LogP contribution is -2.45. The first-order chi connectivity index (χ1) is 13.5. The largest absolute Gasteiger partial charge is 0.379 e. The average molecular weight is 423 g/mol. The molecule has 10 heteroatoms. The lowest BCUT2D eigenvalue weighted by atomic mass is 10.1. The van der Waals surface area contributed by atoms with Gasteiger partial charge in [0, 0.05) is 12.7 Å². The van der Waals surface area contributed by atoms with Crippen LogP contribution in [0.25, 0.3) is 0 Å². The number of rotatable bonds is 7. The molecule has 0 saturated carbocycles. The summed E-state index contributed by atoms with van der Waals surface area (Å²) < 4.78 is 39.2. The van der Waals surface area contributed by atoms with Gasteiger partial charge in [-0.1, -0.05) is 6.92 Å². The van der Waals surface area contributed by atoms with Crippen LogP contribution in [-0.2, 0) is 21.1 Å². The molecule has 0 unspecified atom stereocenters. The highest BCUT2D eigenvalue weighted by atomic mass is 32.2. The molecule has 29 heavy (non-hydrogen) atoms. The molecular formula is C19H22FN3O5S. The minimum Gasteiger partial charge on any atom is -0.379 e. The smallest absolute Gasteiger partial charge is 0.257 e. The van der Waals surface area contributed by atoms with Gasteiger partial charge in [-0.15, -0.1) is 0 Å². The van der Waals surface area contributed by atoms with E-state index in [-0.39, 0.29) is 5.56 Å². The van der Waals surface area contributed by atoms with Crippen molar-refractivity contribution in [1.82, 2.24) is 10.3 Å². The van der Waals surface area contributed by atoms with E-state index < -0.39 is 43.7 Å². The van der Waals surface area contributed by atoms with Gasteiger partial charge in [-0.3, -0.25) is 14.6 Å². The number of aromatic nitrogens is 1. The van der Waals surface area contributed by atoms with E-state index in [1.807, 2.05) is 6.92 Å². The Morgan fingerprint density at radius 2 is 1.93 bits per heavy atom. The van der Waals surface area contributed by atoms with Crippen molar-refractivity contribution in [3.63, 3.8) is 0 Å². The van der Waals surface area contributed by atoms with Crippen LogP contribution in [0.4, 0.5) is 10.1 Å². The van der Waals surface area contributed by atoms with Gasteiger partial charge in [0.1, 0.15) is 5.82 Å². The highest BCUT2D eigenvalue weighted by Crippen LogP contribution is 2.21. The van der Waals surface area contributed by atoms with Gasteiger partial charge in [-0.2, -0.15) is 0 Å². The normalized spacial score (nSPS) is 13.4. The second kappa shape index (κ2) is 8.66. The fraction of sp³-hybridized carbons (Fsp3) is 0.316. The lowest BCUT2D eigenvalue weighted by Gasteiger charge is -2.22. The molecule has 2 aromatic rings. The number of hydrogen-bond acceptors (Lipinski definition) is 6. The third-order valence-corrected chi connectivity index (χ3v) is 6.09. The standard InChI is InChI=1S/C19H22FN3O5S/c1-4-12-5-6-13(10-22-12)23-18(25)19(2,26)11-29(27,28)14-7-8-15(16(20)9-14)17(24)21-3/h5-10,26H,4,11H2,1-3H3,(H,21,24)(H,23,25)/t19-/m0/s1.